The van der Waals surface area contributed by atoms with Crippen LogP contribution in [0.4, 0.5) is 30.8 Å². The summed E-state index contributed by atoms with van der Waals surface area (Å²) >= 11 is 0. The molecular weight excluding hydrogens is 375 g/mol. The average Bonchev–Trinajstić information content (AvgIpc) is 2.92. The van der Waals surface area contributed by atoms with Gasteiger partial charge in [0.05, 0.1) is 6.20 Å². The molecule has 28 heavy (non-hydrogen) atoms. The SMILES string of the molecule is CC(C)Nc1ncc2nc(Nc3c(F)cc(F)cc3F)n(CCC(N)=O)c2n1. The van der Waals surface area contributed by atoms with Gasteiger partial charge in [0.1, 0.15) is 17.0 Å². The summed E-state index contributed by atoms with van der Waals surface area (Å²) < 4.78 is 42.6. The zero-order chi connectivity index (χ0) is 20.4. The van der Waals surface area contributed by atoms with Crippen LogP contribution in [0.15, 0.2) is 18.3 Å². The lowest BCUT2D eigenvalue weighted by molar-refractivity contribution is -0.118. The van der Waals surface area contributed by atoms with Crippen molar-refractivity contribution in [1.82, 2.24) is 19.5 Å². The van der Waals surface area contributed by atoms with Gasteiger partial charge in [-0.2, -0.15) is 4.98 Å². The molecule has 3 aromatic rings. The Morgan fingerprint density at radius 1 is 1.21 bits per heavy atom. The molecule has 0 unspecified atom stereocenters. The Balaban J connectivity index is 2.07. The Bertz CT molecular complexity index is 1010. The molecule has 0 aliphatic rings. The van der Waals surface area contributed by atoms with Crippen LogP contribution >= 0.6 is 0 Å². The molecule has 11 heteroatoms. The molecule has 0 aliphatic carbocycles. The Morgan fingerprint density at radius 2 is 1.89 bits per heavy atom. The molecule has 0 atom stereocenters. The van der Waals surface area contributed by atoms with Crippen molar-refractivity contribution in [2.24, 2.45) is 5.73 Å². The van der Waals surface area contributed by atoms with E-state index in [0.717, 1.165) is 0 Å². The fourth-order valence-electron chi connectivity index (χ4n) is 2.55. The molecule has 8 nitrogen and oxygen atoms in total. The summed E-state index contributed by atoms with van der Waals surface area (Å²) in [6.07, 6.45) is 1.39. The van der Waals surface area contributed by atoms with E-state index >= 15 is 0 Å². The first-order chi connectivity index (χ1) is 13.2. The van der Waals surface area contributed by atoms with E-state index in [1.807, 2.05) is 13.8 Å². The van der Waals surface area contributed by atoms with Crippen LogP contribution in [0.25, 0.3) is 11.2 Å². The van der Waals surface area contributed by atoms with Gasteiger partial charge in [-0.1, -0.05) is 0 Å². The van der Waals surface area contributed by atoms with Gasteiger partial charge in [-0.25, -0.2) is 23.1 Å². The minimum atomic E-state index is -1.13. The van der Waals surface area contributed by atoms with Crippen LogP contribution in [0.2, 0.25) is 0 Å². The smallest absolute Gasteiger partial charge is 0.224 e. The van der Waals surface area contributed by atoms with Gasteiger partial charge in [0.25, 0.3) is 0 Å². The van der Waals surface area contributed by atoms with E-state index in [4.69, 9.17) is 5.73 Å². The number of rotatable bonds is 7. The summed E-state index contributed by atoms with van der Waals surface area (Å²) in [6.45, 7) is 3.88. The number of aromatic nitrogens is 4. The highest BCUT2D eigenvalue weighted by atomic mass is 19.1. The molecule has 2 heterocycles. The minimum absolute atomic E-state index is 0.0108. The monoisotopic (exact) mass is 393 g/mol. The summed E-state index contributed by atoms with van der Waals surface area (Å²) in [7, 11) is 0. The van der Waals surface area contributed by atoms with Gasteiger partial charge in [-0.3, -0.25) is 9.36 Å². The van der Waals surface area contributed by atoms with E-state index in [0.29, 0.717) is 29.2 Å². The first-order valence-electron chi connectivity index (χ1n) is 8.44. The Hall–Kier alpha value is -3.37. The number of benzene rings is 1. The van der Waals surface area contributed by atoms with E-state index in [-0.39, 0.29) is 25.0 Å². The number of aryl methyl sites for hydroxylation is 1. The number of fused-ring (bicyclic) bond motifs is 1. The summed E-state index contributed by atoms with van der Waals surface area (Å²) in [6, 6.07) is 1.16. The molecule has 0 fully saturated rings. The fourth-order valence-corrected chi connectivity index (χ4v) is 2.55. The second-order valence-electron chi connectivity index (χ2n) is 6.37. The molecule has 0 saturated heterocycles. The Morgan fingerprint density at radius 3 is 2.50 bits per heavy atom. The number of amides is 1. The normalized spacial score (nSPS) is 11.2. The maximum absolute atomic E-state index is 14.0. The van der Waals surface area contributed by atoms with Crippen LogP contribution in [-0.2, 0) is 11.3 Å². The molecule has 148 valence electrons. The van der Waals surface area contributed by atoms with E-state index in [2.05, 4.69) is 25.6 Å². The first kappa shape index (κ1) is 19.4. The highest BCUT2D eigenvalue weighted by Gasteiger charge is 2.18. The van der Waals surface area contributed by atoms with Crippen LogP contribution in [-0.4, -0.2) is 31.5 Å². The number of primary amides is 1. The number of hydrogen-bond donors (Lipinski definition) is 3. The second kappa shape index (κ2) is 7.71. The standard InChI is InChI=1S/C17H18F3N7O/c1-8(2)23-16-22-7-12-15(26-16)27(4-3-13(21)28)17(24-12)25-14-10(19)5-9(18)6-11(14)20/h5-8H,3-4H2,1-2H3,(H2,21,28)(H,24,25)(H,22,23,26). The summed E-state index contributed by atoms with van der Waals surface area (Å²) in [5.74, 6) is -3.52. The Labute approximate surface area is 158 Å². The number of hydrogen-bond acceptors (Lipinski definition) is 6. The summed E-state index contributed by atoms with van der Waals surface area (Å²) in [5.41, 5.74) is 5.31. The Kier molecular flexibility index (Phi) is 5.34. The van der Waals surface area contributed by atoms with Crippen molar-refractivity contribution >= 4 is 34.7 Å². The highest BCUT2D eigenvalue weighted by Crippen LogP contribution is 2.27. The number of nitrogens with zero attached hydrogens (tertiary/aromatic N) is 4. The quantitative estimate of drug-likeness (QED) is 0.569. The second-order valence-corrected chi connectivity index (χ2v) is 6.37. The van der Waals surface area contributed by atoms with Gasteiger partial charge in [0, 0.05) is 31.1 Å². The zero-order valence-electron chi connectivity index (χ0n) is 15.1. The van der Waals surface area contributed by atoms with E-state index < -0.39 is 29.0 Å². The number of anilines is 3. The van der Waals surface area contributed by atoms with Gasteiger partial charge in [0.2, 0.25) is 17.8 Å². The third-order valence-electron chi connectivity index (χ3n) is 3.73. The summed E-state index contributed by atoms with van der Waals surface area (Å²) in [5, 5.41) is 5.54. The van der Waals surface area contributed by atoms with E-state index in [1.54, 1.807) is 0 Å². The lowest BCUT2D eigenvalue weighted by Gasteiger charge is -2.12. The maximum atomic E-state index is 14.0. The van der Waals surface area contributed by atoms with Crippen LogP contribution in [0.3, 0.4) is 0 Å². The van der Waals surface area contributed by atoms with Gasteiger partial charge in [-0.05, 0) is 13.8 Å². The highest BCUT2D eigenvalue weighted by molar-refractivity contribution is 5.77. The predicted octanol–water partition coefficient (Wildman–Crippen LogP) is 2.68. The van der Waals surface area contributed by atoms with Crippen LogP contribution in [0.5, 0.6) is 0 Å². The van der Waals surface area contributed by atoms with Crippen molar-refractivity contribution in [3.8, 4) is 0 Å². The third-order valence-corrected chi connectivity index (χ3v) is 3.73. The number of nitrogens with one attached hydrogen (secondary N) is 2. The fraction of sp³-hybridized carbons (Fsp3) is 0.294. The molecule has 3 rings (SSSR count). The van der Waals surface area contributed by atoms with Crippen LogP contribution in [0.1, 0.15) is 20.3 Å². The number of imidazole rings is 1. The van der Waals surface area contributed by atoms with Crippen LogP contribution < -0.4 is 16.4 Å². The van der Waals surface area contributed by atoms with Crippen molar-refractivity contribution in [3.63, 3.8) is 0 Å². The molecule has 1 aromatic carbocycles. The molecule has 2 aromatic heterocycles. The molecule has 0 spiro atoms. The molecule has 0 bridgehead atoms. The van der Waals surface area contributed by atoms with Gasteiger partial charge in [-0.15, -0.1) is 0 Å². The molecule has 1 amide bonds. The number of carbonyl (C=O) groups excluding carboxylic acids is 1. The van der Waals surface area contributed by atoms with Crippen molar-refractivity contribution in [2.45, 2.75) is 32.9 Å². The van der Waals surface area contributed by atoms with Gasteiger partial charge < -0.3 is 16.4 Å². The zero-order valence-corrected chi connectivity index (χ0v) is 15.1. The van der Waals surface area contributed by atoms with Crippen molar-refractivity contribution < 1.29 is 18.0 Å². The number of carbonyl (C=O) groups is 1. The van der Waals surface area contributed by atoms with Crippen molar-refractivity contribution in [2.75, 3.05) is 10.6 Å². The number of halogens is 3. The average molecular weight is 393 g/mol. The van der Waals surface area contributed by atoms with E-state index in [9.17, 15) is 18.0 Å². The third kappa shape index (κ3) is 4.13. The molecule has 0 radical (unpaired) electrons. The van der Waals surface area contributed by atoms with E-state index in [1.165, 1.54) is 10.8 Å². The summed E-state index contributed by atoms with van der Waals surface area (Å²) in [4.78, 5) is 23.9. The predicted molar refractivity (Wildman–Crippen MR) is 97.5 cm³/mol. The van der Waals surface area contributed by atoms with Gasteiger partial charge >= 0.3 is 0 Å². The van der Waals surface area contributed by atoms with Crippen LogP contribution in [0, 0.1) is 17.5 Å². The molecule has 4 N–H and O–H groups in total. The van der Waals surface area contributed by atoms with Crippen molar-refractivity contribution in [1.29, 1.82) is 0 Å². The molecule has 0 saturated carbocycles. The molecule has 0 aliphatic heterocycles. The lowest BCUT2D eigenvalue weighted by atomic mass is 10.3. The maximum Gasteiger partial charge on any atom is 0.224 e. The first-order valence-corrected chi connectivity index (χ1v) is 8.44. The largest absolute Gasteiger partial charge is 0.370 e. The lowest BCUT2D eigenvalue weighted by Crippen LogP contribution is -2.16. The molecular formula is C17H18F3N7O. The van der Waals surface area contributed by atoms with Gasteiger partial charge in [0.15, 0.2) is 17.3 Å². The van der Waals surface area contributed by atoms with Crippen molar-refractivity contribution in [3.05, 3.63) is 35.8 Å². The topological polar surface area (TPSA) is 111 Å². The number of nitrogens with two attached hydrogens (primary N) is 1. The minimum Gasteiger partial charge on any atom is -0.370 e.